The average molecular weight is 714 g/mol. The maximum absolute atomic E-state index is 9.59. The Hall–Kier alpha value is -6.20. The molecule has 8 aromatic carbocycles. The van der Waals surface area contributed by atoms with Crippen molar-refractivity contribution in [2.75, 3.05) is 0 Å². The Bertz CT molecular complexity index is 4190. The standard InChI is InChI=1S/C48H28N2S2/c1-2-8-30-23-31(16-15-29(30)7-1)32-17-18-34-25-35(20-19-33(34)24-32)36-21-22-44-42(27-36)46-48(52-44)45(49-28-50-46)38-10-5-9-37(26-38)39-12-6-13-41-40-11-3-4-14-43(40)51-47(39)41/h1-28H/i1D,2D,3D,4D,6D,7D,8D,9D,10D,11D,12D,13D,14D,15D,16D,23D,26D. The summed E-state index contributed by atoms with van der Waals surface area (Å²) in [5, 5.41) is 2.11. The molecular formula is C48H28N2S2. The first kappa shape index (κ1) is 17.3. The summed E-state index contributed by atoms with van der Waals surface area (Å²) in [6.45, 7) is 0. The van der Waals surface area contributed by atoms with Crippen molar-refractivity contribution >= 4 is 84.7 Å². The van der Waals surface area contributed by atoms with E-state index in [0.29, 0.717) is 15.8 Å². The van der Waals surface area contributed by atoms with Crippen LogP contribution in [0.25, 0.3) is 107 Å². The van der Waals surface area contributed by atoms with Gasteiger partial charge in [-0.25, -0.2) is 9.97 Å². The Balaban J connectivity index is 1.02. The minimum atomic E-state index is -0.543. The van der Waals surface area contributed by atoms with Gasteiger partial charge in [0.1, 0.15) is 6.33 Å². The van der Waals surface area contributed by atoms with Crippen molar-refractivity contribution in [3.8, 4) is 44.6 Å². The zero-order chi connectivity index (χ0) is 49.0. The van der Waals surface area contributed by atoms with Crippen LogP contribution in [0.2, 0.25) is 0 Å². The Morgan fingerprint density at radius 3 is 2.08 bits per heavy atom. The lowest BCUT2D eigenvalue weighted by Crippen LogP contribution is -1.87. The van der Waals surface area contributed by atoms with Crippen LogP contribution in [0.15, 0.2) is 170 Å². The fraction of sp³-hybridized carbons (Fsp3) is 0. The van der Waals surface area contributed by atoms with Crippen molar-refractivity contribution < 1.29 is 23.3 Å². The number of nitrogens with zero attached hydrogens (tertiary/aromatic N) is 2. The normalized spacial score (nSPS) is 16.4. The van der Waals surface area contributed by atoms with E-state index < -0.39 is 60.4 Å². The summed E-state index contributed by atoms with van der Waals surface area (Å²) in [4.78, 5) is 9.21. The van der Waals surface area contributed by atoms with Gasteiger partial charge >= 0.3 is 0 Å². The molecule has 4 heteroatoms. The molecule has 11 rings (SSSR count). The van der Waals surface area contributed by atoms with Crippen LogP contribution in [-0.4, -0.2) is 9.97 Å². The van der Waals surface area contributed by atoms with E-state index >= 15 is 0 Å². The molecule has 0 saturated carbocycles. The van der Waals surface area contributed by atoms with Gasteiger partial charge in [-0.3, -0.25) is 0 Å². The minimum absolute atomic E-state index is 0.0201. The highest BCUT2D eigenvalue weighted by molar-refractivity contribution is 7.26. The van der Waals surface area contributed by atoms with Crippen LogP contribution in [0.1, 0.15) is 23.3 Å². The fourth-order valence-electron chi connectivity index (χ4n) is 6.58. The van der Waals surface area contributed by atoms with Crippen LogP contribution in [0, 0.1) is 0 Å². The second kappa shape index (κ2) is 11.7. The van der Waals surface area contributed by atoms with E-state index in [9.17, 15) is 1.37 Å². The molecule has 0 unspecified atom stereocenters. The number of thiophene rings is 2. The van der Waals surface area contributed by atoms with Crippen molar-refractivity contribution in [2.24, 2.45) is 0 Å². The Labute approximate surface area is 331 Å². The van der Waals surface area contributed by atoms with Gasteiger partial charge in [-0.15, -0.1) is 22.7 Å². The van der Waals surface area contributed by atoms with Crippen LogP contribution < -0.4 is 0 Å². The summed E-state index contributed by atoms with van der Waals surface area (Å²) in [5.41, 5.74) is 2.85. The molecule has 0 spiro atoms. The van der Waals surface area contributed by atoms with Gasteiger partial charge in [-0.1, -0.05) is 121 Å². The van der Waals surface area contributed by atoms with Crippen LogP contribution in [-0.2, 0) is 0 Å². The molecule has 0 atom stereocenters. The number of fused-ring (bicyclic) bond motifs is 8. The molecule has 2 nitrogen and oxygen atoms in total. The number of hydrogen-bond donors (Lipinski definition) is 0. The van der Waals surface area contributed by atoms with Gasteiger partial charge in [-0.2, -0.15) is 0 Å². The molecule has 3 heterocycles. The maximum Gasteiger partial charge on any atom is 0.116 e. The maximum atomic E-state index is 9.59. The van der Waals surface area contributed by atoms with Crippen molar-refractivity contribution in [3.05, 3.63) is 170 Å². The molecule has 0 aliphatic heterocycles. The van der Waals surface area contributed by atoms with Gasteiger partial charge in [0.15, 0.2) is 0 Å². The monoisotopic (exact) mass is 713 g/mol. The van der Waals surface area contributed by atoms with Gasteiger partial charge < -0.3 is 0 Å². The molecule has 0 N–H and O–H groups in total. The van der Waals surface area contributed by atoms with Gasteiger partial charge in [0, 0.05) is 35.8 Å². The second-order valence-electron chi connectivity index (χ2n) is 12.1. The lowest BCUT2D eigenvalue weighted by Gasteiger charge is -2.08. The van der Waals surface area contributed by atoms with Crippen molar-refractivity contribution in [1.82, 2.24) is 9.97 Å². The minimum Gasteiger partial charge on any atom is -0.235 e. The van der Waals surface area contributed by atoms with E-state index in [2.05, 4.69) is 9.97 Å². The third-order valence-corrected chi connectivity index (χ3v) is 11.4. The van der Waals surface area contributed by atoms with Crippen LogP contribution >= 0.6 is 22.7 Å². The molecule has 3 aromatic heterocycles. The zero-order valence-corrected chi connectivity index (χ0v) is 28.2. The average Bonchev–Trinajstić information content (AvgIpc) is 3.92. The lowest BCUT2D eigenvalue weighted by molar-refractivity contribution is 1.24. The molecule has 0 saturated heterocycles. The molecule has 52 heavy (non-hydrogen) atoms. The predicted molar refractivity (Wildman–Crippen MR) is 225 cm³/mol. The zero-order valence-electron chi connectivity index (χ0n) is 43.6. The predicted octanol–water partition coefficient (Wildman–Crippen LogP) is 14.2. The first-order valence-electron chi connectivity index (χ1n) is 24.6. The third kappa shape index (κ3) is 4.76. The summed E-state index contributed by atoms with van der Waals surface area (Å²) in [7, 11) is 0. The number of rotatable bonds is 4. The van der Waals surface area contributed by atoms with E-state index in [1.807, 2.05) is 42.5 Å². The Morgan fingerprint density at radius 2 is 1.17 bits per heavy atom. The highest BCUT2D eigenvalue weighted by Gasteiger charge is 2.16. The van der Waals surface area contributed by atoms with Crippen LogP contribution in [0.5, 0.6) is 0 Å². The molecule has 0 fully saturated rings. The van der Waals surface area contributed by atoms with Crippen LogP contribution in [0.4, 0.5) is 0 Å². The molecule has 0 aliphatic rings. The smallest absolute Gasteiger partial charge is 0.116 e. The highest BCUT2D eigenvalue weighted by atomic mass is 32.1. The first-order valence-corrected chi connectivity index (χ1v) is 17.7. The molecule has 0 amide bonds. The van der Waals surface area contributed by atoms with E-state index in [1.165, 1.54) is 23.7 Å². The quantitative estimate of drug-likeness (QED) is 0.181. The van der Waals surface area contributed by atoms with Crippen LogP contribution in [0.3, 0.4) is 0 Å². The molecule has 0 radical (unpaired) electrons. The van der Waals surface area contributed by atoms with Gasteiger partial charge in [0.2, 0.25) is 0 Å². The summed E-state index contributed by atoms with van der Waals surface area (Å²) in [5.74, 6) is 0. The number of benzene rings is 8. The highest BCUT2D eigenvalue weighted by Crippen LogP contribution is 2.43. The van der Waals surface area contributed by atoms with Crippen molar-refractivity contribution in [1.29, 1.82) is 0 Å². The van der Waals surface area contributed by atoms with E-state index in [0.717, 1.165) is 43.3 Å². The molecule has 11 aromatic rings. The molecule has 242 valence electrons. The topological polar surface area (TPSA) is 25.8 Å². The number of aromatic nitrogens is 2. The second-order valence-corrected chi connectivity index (χ2v) is 14.1. The Kier molecular flexibility index (Phi) is 3.89. The van der Waals surface area contributed by atoms with Gasteiger partial charge in [0.25, 0.3) is 0 Å². The van der Waals surface area contributed by atoms with Crippen molar-refractivity contribution in [3.63, 3.8) is 0 Å². The summed E-state index contributed by atoms with van der Waals surface area (Å²) in [6, 6.07) is 11.3. The van der Waals surface area contributed by atoms with Gasteiger partial charge in [-0.05, 0) is 97.3 Å². The van der Waals surface area contributed by atoms with E-state index in [4.69, 9.17) is 21.9 Å². The summed E-state index contributed by atoms with van der Waals surface area (Å²) in [6.07, 6.45) is 1.33. The largest absolute Gasteiger partial charge is 0.235 e. The Morgan fingerprint density at radius 1 is 0.442 bits per heavy atom. The van der Waals surface area contributed by atoms with E-state index in [-0.39, 0.29) is 101 Å². The SMILES string of the molecule is [2H]c1cc([2H])c(-c2c([2H])c([2H])c([2H])c3c2sc2c([2H])c([2H])c([2H])c([2H])c23)c([2H])c1-c1ncnc2c1sc1ccc(-c3ccc4cc(-c5c([2H])c([2H])c6c([2H])c([2H])c([2H])c([2H])c6c5[2H])ccc4c3)cc12. The summed E-state index contributed by atoms with van der Waals surface area (Å²) < 4.78 is 149. The fourth-order valence-corrected chi connectivity index (χ4v) is 8.79. The molecule has 0 bridgehead atoms. The third-order valence-electron chi connectivity index (χ3n) is 9.07. The first-order chi connectivity index (χ1) is 32.8. The number of hydrogen-bond acceptors (Lipinski definition) is 4. The van der Waals surface area contributed by atoms with E-state index in [1.54, 1.807) is 12.1 Å². The summed E-state index contributed by atoms with van der Waals surface area (Å²) >= 11 is 2.25. The molecule has 0 aliphatic carbocycles. The lowest BCUT2D eigenvalue weighted by atomic mass is 9.96. The van der Waals surface area contributed by atoms with Crippen molar-refractivity contribution in [2.45, 2.75) is 0 Å². The van der Waals surface area contributed by atoms with Gasteiger partial charge in [0.05, 0.1) is 39.2 Å². The molecular weight excluding hydrogens is 669 g/mol.